The van der Waals surface area contributed by atoms with E-state index in [9.17, 15) is 0 Å². The van der Waals surface area contributed by atoms with Gasteiger partial charge in [0.1, 0.15) is 0 Å². The van der Waals surface area contributed by atoms with E-state index in [0.717, 1.165) is 5.56 Å². The predicted octanol–water partition coefficient (Wildman–Crippen LogP) is 4.13. The van der Waals surface area contributed by atoms with Crippen molar-refractivity contribution >= 4 is 8.32 Å². The highest BCUT2D eigenvalue weighted by molar-refractivity contribution is 6.69. The Bertz CT molecular complexity index is 324. The van der Waals surface area contributed by atoms with Crippen molar-refractivity contribution in [3.05, 3.63) is 35.9 Å². The minimum atomic E-state index is -1.65. The van der Waals surface area contributed by atoms with Gasteiger partial charge in [-0.05, 0) is 25.2 Å². The number of hydrogen-bond acceptors (Lipinski definition) is 2. The molecule has 0 bridgehead atoms. The summed E-state index contributed by atoms with van der Waals surface area (Å²) in [6.07, 6.45) is -0.414. The minimum absolute atomic E-state index is 0.414. The lowest BCUT2D eigenvalue weighted by molar-refractivity contribution is 0.255. The van der Waals surface area contributed by atoms with Crippen molar-refractivity contribution in [3.63, 3.8) is 0 Å². The van der Waals surface area contributed by atoms with Gasteiger partial charge in [-0.15, -0.1) is 0 Å². The molecule has 0 saturated heterocycles. The van der Waals surface area contributed by atoms with Crippen LogP contribution >= 0.6 is 0 Å². The second-order valence-corrected chi connectivity index (χ2v) is 8.61. The van der Waals surface area contributed by atoms with Gasteiger partial charge in [-0.2, -0.15) is 5.26 Å². The Morgan fingerprint density at radius 1 is 1.12 bits per heavy atom. The Balaban J connectivity index is 0.00000106. The second-order valence-electron chi connectivity index (χ2n) is 4.15. The molecule has 0 fully saturated rings. The van der Waals surface area contributed by atoms with Crippen LogP contribution in [0.15, 0.2) is 30.3 Å². The summed E-state index contributed by atoms with van der Waals surface area (Å²) in [5, 5.41) is 8.99. The molecule has 0 aliphatic heterocycles. The molecule has 2 nitrogen and oxygen atoms in total. The topological polar surface area (TPSA) is 33.0 Å². The van der Waals surface area contributed by atoms with Crippen LogP contribution in [0.3, 0.4) is 0 Å². The molecule has 1 rings (SSSR count). The summed E-state index contributed by atoms with van der Waals surface area (Å²) in [5.41, 5.74) is 0.942. The lowest BCUT2D eigenvalue weighted by Crippen LogP contribution is -2.27. The Labute approximate surface area is 100 Å². The van der Waals surface area contributed by atoms with E-state index in [1.54, 1.807) is 0 Å². The van der Waals surface area contributed by atoms with Gasteiger partial charge in [0.05, 0.1) is 6.07 Å². The average molecular weight is 235 g/mol. The number of hydrogen-bond donors (Lipinski definition) is 0. The van der Waals surface area contributed by atoms with Crippen LogP contribution in [0.2, 0.25) is 19.6 Å². The highest BCUT2D eigenvalue weighted by Crippen LogP contribution is 2.20. The normalized spacial score (nSPS) is 12.0. The maximum absolute atomic E-state index is 8.99. The first-order valence-corrected chi connectivity index (χ1v) is 9.06. The van der Waals surface area contributed by atoms with Gasteiger partial charge in [-0.25, -0.2) is 0 Å². The lowest BCUT2D eigenvalue weighted by atomic mass is 10.1. The van der Waals surface area contributed by atoms with Crippen LogP contribution in [0, 0.1) is 11.3 Å². The summed E-state index contributed by atoms with van der Waals surface area (Å²) in [4.78, 5) is 0. The van der Waals surface area contributed by atoms with Crippen molar-refractivity contribution in [1.29, 1.82) is 5.26 Å². The van der Waals surface area contributed by atoms with Gasteiger partial charge in [0, 0.05) is 0 Å². The molecule has 0 aliphatic rings. The zero-order chi connectivity index (χ0) is 12.6. The Morgan fingerprint density at radius 2 is 1.62 bits per heavy atom. The van der Waals surface area contributed by atoms with Crippen molar-refractivity contribution in [1.82, 2.24) is 0 Å². The molecular formula is C13H21NOSi. The number of nitrogens with zero attached hydrogens (tertiary/aromatic N) is 1. The number of rotatable bonds is 3. The largest absolute Gasteiger partial charge is 0.399 e. The first-order valence-electron chi connectivity index (χ1n) is 5.65. The summed E-state index contributed by atoms with van der Waals surface area (Å²) in [6, 6.07) is 11.8. The first-order chi connectivity index (χ1) is 7.53. The Kier molecular flexibility index (Phi) is 6.71. The van der Waals surface area contributed by atoms with E-state index in [4.69, 9.17) is 9.69 Å². The van der Waals surface area contributed by atoms with Crippen LogP contribution in [-0.2, 0) is 4.43 Å². The molecule has 3 heteroatoms. The molecule has 0 radical (unpaired) electrons. The van der Waals surface area contributed by atoms with Crippen molar-refractivity contribution in [3.8, 4) is 6.07 Å². The monoisotopic (exact) mass is 235 g/mol. The van der Waals surface area contributed by atoms with E-state index in [2.05, 4.69) is 25.7 Å². The van der Waals surface area contributed by atoms with E-state index in [-0.39, 0.29) is 0 Å². The van der Waals surface area contributed by atoms with Crippen LogP contribution < -0.4 is 0 Å². The molecule has 0 heterocycles. The predicted molar refractivity (Wildman–Crippen MR) is 70.6 cm³/mol. The third kappa shape index (κ3) is 5.69. The number of nitriles is 1. The fourth-order valence-corrected chi connectivity index (χ4v) is 2.05. The van der Waals surface area contributed by atoms with Crippen molar-refractivity contribution in [2.75, 3.05) is 0 Å². The van der Waals surface area contributed by atoms with Crippen LogP contribution in [-0.4, -0.2) is 8.32 Å². The third-order valence-corrected chi connectivity index (χ3v) is 2.63. The van der Waals surface area contributed by atoms with E-state index in [1.807, 2.05) is 44.2 Å². The molecule has 0 N–H and O–H groups in total. The summed E-state index contributed by atoms with van der Waals surface area (Å²) in [5.74, 6) is 0. The van der Waals surface area contributed by atoms with E-state index in [0.29, 0.717) is 0 Å². The van der Waals surface area contributed by atoms with Gasteiger partial charge >= 0.3 is 0 Å². The quantitative estimate of drug-likeness (QED) is 0.738. The van der Waals surface area contributed by atoms with E-state index >= 15 is 0 Å². The summed E-state index contributed by atoms with van der Waals surface area (Å²) < 4.78 is 5.75. The summed E-state index contributed by atoms with van der Waals surface area (Å²) in [6.45, 7) is 10.3. The fraction of sp³-hybridized carbons (Fsp3) is 0.462. The smallest absolute Gasteiger partial charge is 0.186 e. The van der Waals surface area contributed by atoms with Crippen LogP contribution in [0.1, 0.15) is 25.5 Å². The van der Waals surface area contributed by atoms with Crippen LogP contribution in [0.25, 0.3) is 0 Å². The Hall–Kier alpha value is -1.11. The first kappa shape index (κ1) is 14.9. The molecule has 1 aromatic carbocycles. The van der Waals surface area contributed by atoms with Crippen molar-refractivity contribution in [2.45, 2.75) is 39.6 Å². The standard InChI is InChI=1S/C11H15NOSi.C2H6/c1-14(2,3)13-11(9-12)10-7-5-4-6-8-10;1-2/h4-8,11H,1-3H3;1-2H3. The summed E-state index contributed by atoms with van der Waals surface area (Å²) >= 11 is 0. The van der Waals surface area contributed by atoms with E-state index < -0.39 is 14.4 Å². The van der Waals surface area contributed by atoms with Gasteiger partial charge in [-0.1, -0.05) is 44.2 Å². The maximum Gasteiger partial charge on any atom is 0.186 e. The van der Waals surface area contributed by atoms with Crippen molar-refractivity contribution in [2.24, 2.45) is 0 Å². The zero-order valence-corrected chi connectivity index (χ0v) is 11.8. The molecule has 1 unspecified atom stereocenters. The third-order valence-electron chi connectivity index (χ3n) is 1.69. The average Bonchev–Trinajstić information content (AvgIpc) is 2.29. The molecule has 0 amide bonds. The highest BCUT2D eigenvalue weighted by Gasteiger charge is 2.21. The fourth-order valence-electron chi connectivity index (χ4n) is 1.15. The van der Waals surface area contributed by atoms with Gasteiger partial charge in [0.25, 0.3) is 0 Å². The molecule has 0 aliphatic carbocycles. The second kappa shape index (κ2) is 7.21. The highest BCUT2D eigenvalue weighted by atomic mass is 28.4. The van der Waals surface area contributed by atoms with Gasteiger partial charge < -0.3 is 4.43 Å². The van der Waals surface area contributed by atoms with E-state index in [1.165, 1.54) is 0 Å². The molecule has 1 aromatic rings. The zero-order valence-electron chi connectivity index (χ0n) is 10.8. The minimum Gasteiger partial charge on any atom is -0.399 e. The van der Waals surface area contributed by atoms with Gasteiger partial charge in [-0.3, -0.25) is 0 Å². The maximum atomic E-state index is 8.99. The lowest BCUT2D eigenvalue weighted by Gasteiger charge is -2.21. The number of benzene rings is 1. The molecule has 16 heavy (non-hydrogen) atoms. The summed E-state index contributed by atoms with van der Waals surface area (Å²) in [7, 11) is -1.65. The SMILES string of the molecule is CC.C[Si](C)(C)OC(C#N)c1ccccc1. The molecule has 0 spiro atoms. The van der Waals surface area contributed by atoms with Crippen LogP contribution in [0.5, 0.6) is 0 Å². The van der Waals surface area contributed by atoms with Crippen LogP contribution in [0.4, 0.5) is 0 Å². The van der Waals surface area contributed by atoms with Gasteiger partial charge in [0.2, 0.25) is 0 Å². The van der Waals surface area contributed by atoms with Gasteiger partial charge in [0.15, 0.2) is 14.4 Å². The molecule has 88 valence electrons. The molecule has 0 saturated carbocycles. The Morgan fingerprint density at radius 3 is 2.00 bits per heavy atom. The molecular weight excluding hydrogens is 214 g/mol. The van der Waals surface area contributed by atoms with Crippen molar-refractivity contribution < 1.29 is 4.43 Å². The molecule has 0 aromatic heterocycles. The molecule has 1 atom stereocenters.